The van der Waals surface area contributed by atoms with Crippen LogP contribution in [0.1, 0.15) is 22.6 Å². The highest BCUT2D eigenvalue weighted by molar-refractivity contribution is 6.14. The first-order valence-electron chi connectivity index (χ1n) is 20.0. The van der Waals surface area contributed by atoms with E-state index in [0.717, 1.165) is 44.4 Å². The van der Waals surface area contributed by atoms with Crippen LogP contribution in [-0.2, 0) is 0 Å². The zero-order valence-corrected chi connectivity index (χ0v) is 31.4. The third-order valence-corrected chi connectivity index (χ3v) is 12.6. The number of para-hydroxylation sites is 4. The molecule has 0 radical (unpaired) electrons. The number of hydrogen-bond donors (Lipinski definition) is 0. The van der Waals surface area contributed by atoms with E-state index in [0.29, 0.717) is 0 Å². The Morgan fingerprint density at radius 3 is 1.53 bits per heavy atom. The van der Waals surface area contributed by atoms with Crippen LogP contribution in [0.15, 0.2) is 205 Å². The van der Waals surface area contributed by atoms with Crippen LogP contribution in [0.2, 0.25) is 0 Å². The Morgan fingerprint density at radius 1 is 0.345 bits per heavy atom. The van der Waals surface area contributed by atoms with E-state index >= 15 is 0 Å². The molecule has 12 aromatic rings. The minimum atomic E-state index is 0.191. The summed E-state index contributed by atoms with van der Waals surface area (Å²) in [7, 11) is 0. The fraction of sp³-hybridized carbons (Fsp3) is 0.0182. The summed E-state index contributed by atoms with van der Waals surface area (Å²) in [6.45, 7) is 0. The van der Waals surface area contributed by atoms with E-state index in [4.69, 9.17) is 4.42 Å². The van der Waals surface area contributed by atoms with Crippen molar-refractivity contribution in [2.45, 2.75) is 5.92 Å². The Kier molecular flexibility index (Phi) is 6.50. The van der Waals surface area contributed by atoms with Crippen molar-refractivity contribution in [3.63, 3.8) is 0 Å². The van der Waals surface area contributed by atoms with E-state index in [-0.39, 0.29) is 5.92 Å². The third-order valence-electron chi connectivity index (χ3n) is 12.6. The number of benzene rings is 9. The molecule has 0 aliphatic heterocycles. The minimum absolute atomic E-state index is 0.191. The summed E-state index contributed by atoms with van der Waals surface area (Å²) in [5, 5.41) is 7.17. The van der Waals surface area contributed by atoms with E-state index in [2.05, 4.69) is 209 Å². The van der Waals surface area contributed by atoms with Gasteiger partial charge in [-0.2, -0.15) is 0 Å². The lowest BCUT2D eigenvalue weighted by atomic mass is 9.89. The molecule has 3 aromatic heterocycles. The summed E-state index contributed by atoms with van der Waals surface area (Å²) in [6.07, 6.45) is 0. The zero-order chi connectivity index (χ0) is 37.9. The van der Waals surface area contributed by atoms with Crippen molar-refractivity contribution in [3.8, 4) is 33.6 Å². The van der Waals surface area contributed by atoms with Crippen LogP contribution in [0.5, 0.6) is 0 Å². The molecule has 0 fully saturated rings. The molecule has 1 aliphatic rings. The molecule has 0 amide bonds. The molecular formula is C55H34N2O. The lowest BCUT2D eigenvalue weighted by molar-refractivity contribution is 0.670. The van der Waals surface area contributed by atoms with E-state index in [1.54, 1.807) is 0 Å². The summed E-state index contributed by atoms with van der Waals surface area (Å²) in [5.41, 5.74) is 17.5. The first kappa shape index (κ1) is 31.6. The van der Waals surface area contributed by atoms with Gasteiger partial charge in [0.1, 0.15) is 11.2 Å². The van der Waals surface area contributed by atoms with Crippen molar-refractivity contribution in [3.05, 3.63) is 217 Å². The molecular weight excluding hydrogens is 705 g/mol. The molecule has 0 saturated carbocycles. The Bertz CT molecular complexity index is 3530. The highest BCUT2D eigenvalue weighted by atomic mass is 16.3. The molecule has 58 heavy (non-hydrogen) atoms. The van der Waals surface area contributed by atoms with E-state index < -0.39 is 0 Å². The number of hydrogen-bond acceptors (Lipinski definition) is 1. The third kappa shape index (κ3) is 4.38. The average Bonchev–Trinajstić information content (AvgIpc) is 4.02. The minimum Gasteiger partial charge on any atom is -0.455 e. The Balaban J connectivity index is 1.10. The van der Waals surface area contributed by atoms with Crippen molar-refractivity contribution in [2.24, 2.45) is 0 Å². The van der Waals surface area contributed by atoms with Crippen LogP contribution in [0.4, 0.5) is 0 Å². The fourth-order valence-corrected chi connectivity index (χ4v) is 10.1. The molecule has 0 N–H and O–H groups in total. The molecule has 1 unspecified atom stereocenters. The van der Waals surface area contributed by atoms with Gasteiger partial charge in [-0.3, -0.25) is 0 Å². The molecule has 0 bridgehead atoms. The summed E-state index contributed by atoms with van der Waals surface area (Å²) in [6, 6.07) is 73.2. The van der Waals surface area contributed by atoms with Crippen molar-refractivity contribution >= 4 is 65.6 Å². The Hall–Kier alpha value is -7.62. The molecule has 0 spiro atoms. The van der Waals surface area contributed by atoms with E-state index in [1.807, 2.05) is 0 Å². The average molecular weight is 739 g/mol. The second kappa shape index (κ2) is 11.9. The van der Waals surface area contributed by atoms with Gasteiger partial charge >= 0.3 is 0 Å². The summed E-state index contributed by atoms with van der Waals surface area (Å²) < 4.78 is 11.8. The largest absolute Gasteiger partial charge is 0.455 e. The Labute approximate surface area is 334 Å². The van der Waals surface area contributed by atoms with Gasteiger partial charge in [-0.25, -0.2) is 0 Å². The van der Waals surface area contributed by atoms with Gasteiger partial charge in [-0.15, -0.1) is 0 Å². The van der Waals surface area contributed by atoms with Crippen LogP contribution in [-0.4, -0.2) is 9.13 Å². The number of fused-ring (bicyclic) bond motifs is 12. The maximum Gasteiger partial charge on any atom is 0.143 e. The number of furan rings is 1. The zero-order valence-electron chi connectivity index (χ0n) is 31.4. The van der Waals surface area contributed by atoms with Gasteiger partial charge in [0.15, 0.2) is 0 Å². The summed E-state index contributed by atoms with van der Waals surface area (Å²) in [5.74, 6) is 0.191. The van der Waals surface area contributed by atoms with Crippen molar-refractivity contribution in [2.75, 3.05) is 0 Å². The van der Waals surface area contributed by atoms with E-state index in [9.17, 15) is 0 Å². The van der Waals surface area contributed by atoms with Gasteiger partial charge in [-0.05, 0) is 94.0 Å². The van der Waals surface area contributed by atoms with Crippen LogP contribution < -0.4 is 0 Å². The van der Waals surface area contributed by atoms with Gasteiger partial charge in [0.25, 0.3) is 0 Å². The maximum absolute atomic E-state index is 6.99. The van der Waals surface area contributed by atoms with Gasteiger partial charge in [0, 0.05) is 55.2 Å². The number of nitrogens with zero attached hydrogens (tertiary/aromatic N) is 2. The van der Waals surface area contributed by atoms with Crippen LogP contribution in [0.25, 0.3) is 99.2 Å². The maximum atomic E-state index is 6.99. The number of rotatable bonds is 4. The molecule has 1 atom stereocenters. The molecule has 3 nitrogen and oxygen atoms in total. The smallest absolute Gasteiger partial charge is 0.143 e. The molecule has 3 heteroatoms. The number of aromatic nitrogens is 2. The second-order valence-electron chi connectivity index (χ2n) is 15.6. The van der Waals surface area contributed by atoms with Crippen LogP contribution in [0.3, 0.4) is 0 Å². The van der Waals surface area contributed by atoms with Crippen LogP contribution >= 0.6 is 0 Å². The van der Waals surface area contributed by atoms with Crippen molar-refractivity contribution < 1.29 is 4.42 Å². The first-order valence-corrected chi connectivity index (χ1v) is 20.0. The monoisotopic (exact) mass is 738 g/mol. The highest BCUT2D eigenvalue weighted by Crippen LogP contribution is 2.50. The lowest BCUT2D eigenvalue weighted by Gasteiger charge is -2.15. The second-order valence-corrected chi connectivity index (χ2v) is 15.6. The normalized spacial score (nSPS) is 13.7. The highest BCUT2D eigenvalue weighted by Gasteiger charge is 2.30. The summed E-state index contributed by atoms with van der Waals surface area (Å²) >= 11 is 0. The SMILES string of the molecule is c1ccc(C2c3ccccc3-c3cc(-c4cc(-n5c6ccccc6c6ccccc65)cc5c4oc4ccc(-n6c7ccccc7c7ccccc76)cc45)ccc32)cc1. The van der Waals surface area contributed by atoms with Gasteiger partial charge in [0.2, 0.25) is 0 Å². The quantitative estimate of drug-likeness (QED) is 0.176. The molecule has 13 rings (SSSR count). The first-order chi connectivity index (χ1) is 28.8. The molecule has 270 valence electrons. The van der Waals surface area contributed by atoms with Gasteiger partial charge < -0.3 is 13.6 Å². The molecule has 0 saturated heterocycles. The Morgan fingerprint density at radius 2 is 0.879 bits per heavy atom. The van der Waals surface area contributed by atoms with E-state index in [1.165, 1.54) is 71.4 Å². The van der Waals surface area contributed by atoms with Crippen LogP contribution in [0, 0.1) is 0 Å². The lowest BCUT2D eigenvalue weighted by Crippen LogP contribution is -1.98. The molecule has 9 aromatic carbocycles. The topological polar surface area (TPSA) is 23.0 Å². The summed E-state index contributed by atoms with van der Waals surface area (Å²) in [4.78, 5) is 0. The van der Waals surface area contributed by atoms with Gasteiger partial charge in [-0.1, -0.05) is 140 Å². The predicted molar refractivity (Wildman–Crippen MR) is 241 cm³/mol. The standard InChI is InChI=1S/C55H34N2O/c1-2-14-34(15-3-1)54-43-21-5-4-16-38(43)46-30-35(26-28-44(46)54)45-32-37(57-51-24-12-8-19-41(51)42-20-9-13-25-52(42)57)33-48-47-31-36(27-29-53(47)58-55(45)48)56-49-22-10-6-17-39(49)40-18-7-11-23-50(40)56/h1-33,54H. The molecule has 1 aliphatic carbocycles. The predicted octanol–water partition coefficient (Wildman–Crippen LogP) is 14.6. The van der Waals surface area contributed by atoms with Crippen molar-refractivity contribution in [1.29, 1.82) is 0 Å². The molecule has 3 heterocycles. The van der Waals surface area contributed by atoms with Crippen molar-refractivity contribution in [1.82, 2.24) is 9.13 Å². The van der Waals surface area contributed by atoms with Gasteiger partial charge in [0.05, 0.1) is 22.1 Å². The fourth-order valence-electron chi connectivity index (χ4n) is 10.1.